The van der Waals surface area contributed by atoms with E-state index in [1.165, 1.54) is 16.8 Å². The fraction of sp³-hybridized carbons (Fsp3) is 0.350. The van der Waals surface area contributed by atoms with E-state index >= 15 is 0 Å². The Labute approximate surface area is 196 Å². The molecule has 4 rings (SSSR count). The Bertz CT molecular complexity index is 1060. The van der Waals surface area contributed by atoms with Gasteiger partial charge in [0.1, 0.15) is 17.9 Å². The van der Waals surface area contributed by atoms with E-state index in [1.807, 2.05) is 6.92 Å². The third-order valence-corrected chi connectivity index (χ3v) is 5.17. The van der Waals surface area contributed by atoms with Crippen LogP contribution in [0.25, 0.3) is 0 Å². The van der Waals surface area contributed by atoms with E-state index < -0.39 is 29.2 Å². The molecule has 0 bridgehead atoms. The first-order valence-electron chi connectivity index (χ1n) is 9.18. The van der Waals surface area contributed by atoms with Crippen molar-refractivity contribution in [2.45, 2.75) is 38.7 Å². The molecule has 2 amide bonds. The topological polar surface area (TPSA) is 80.6 Å². The molecule has 2 aliphatic heterocycles. The van der Waals surface area contributed by atoms with Gasteiger partial charge in [0, 0.05) is 62.5 Å². The summed E-state index contributed by atoms with van der Waals surface area (Å²) in [4.78, 5) is 39.2. The molecule has 10 heteroatoms. The summed E-state index contributed by atoms with van der Waals surface area (Å²) in [6.07, 6.45) is 1.52. The number of carbonyl (C=O) groups excluding carboxylic acids is 2. The van der Waals surface area contributed by atoms with Crippen LogP contribution in [-0.2, 0) is 50.5 Å². The maximum Gasteiger partial charge on any atom is 0.201 e. The molecule has 2 aliphatic rings. The Morgan fingerprint density at radius 3 is 2.83 bits per heavy atom. The number of hydrogen-bond acceptors (Lipinski definition) is 4. The van der Waals surface area contributed by atoms with Crippen LogP contribution in [0.4, 0.5) is 8.78 Å². The standard InChI is InChI=1S/C20H18F2N3O4.Y/c1-11-4-5-29-18-10-24-9-14(17(26)7-16(24)20(28)25(11)18)19(27)23-8-12-2-3-13(21)6-15(12)22;/h2-3,6,9,11,18H,4-5,8,10H2,1H3,(H,23,27);/q-1;/t11-,18+;/m1./s1. The fourth-order valence-corrected chi connectivity index (χ4v) is 3.58. The number of amides is 2. The molecule has 0 aliphatic carbocycles. The third-order valence-electron chi connectivity index (χ3n) is 5.17. The SMILES string of the molecule is C[C@@H]1CCO[C@H]2Cn3cc(C(=O)NCc4ccc(F)cc4F)c(=O)[c-]c3C(=O)N12.[Y]. The second kappa shape index (κ2) is 9.03. The number of aromatic nitrogens is 1. The van der Waals surface area contributed by atoms with Crippen molar-refractivity contribution in [3.8, 4) is 0 Å². The van der Waals surface area contributed by atoms with E-state index in [4.69, 9.17) is 4.74 Å². The quantitative estimate of drug-likeness (QED) is 0.660. The molecular weight excluding hydrogens is 473 g/mol. The number of rotatable bonds is 3. The van der Waals surface area contributed by atoms with Crippen molar-refractivity contribution >= 4 is 11.8 Å². The Morgan fingerprint density at radius 1 is 1.33 bits per heavy atom. The smallest absolute Gasteiger partial charge is 0.201 e. The van der Waals surface area contributed by atoms with E-state index in [9.17, 15) is 23.2 Å². The van der Waals surface area contributed by atoms with Gasteiger partial charge < -0.3 is 29.1 Å². The molecule has 2 atom stereocenters. The van der Waals surface area contributed by atoms with Crippen LogP contribution in [-0.4, -0.2) is 40.2 Å². The molecule has 1 N–H and O–H groups in total. The summed E-state index contributed by atoms with van der Waals surface area (Å²) in [6.45, 7) is 2.49. The van der Waals surface area contributed by atoms with Crippen molar-refractivity contribution in [3.05, 3.63) is 69.1 Å². The summed E-state index contributed by atoms with van der Waals surface area (Å²) in [5.74, 6) is -2.63. The number of ether oxygens (including phenoxy) is 1. The predicted octanol–water partition coefficient (Wildman–Crippen LogP) is 1.44. The third kappa shape index (κ3) is 4.24. The molecule has 30 heavy (non-hydrogen) atoms. The summed E-state index contributed by atoms with van der Waals surface area (Å²) in [6, 6.07) is 5.46. The van der Waals surface area contributed by atoms with E-state index in [0.29, 0.717) is 19.1 Å². The molecular formula is C20H18F2N3O4Y-. The van der Waals surface area contributed by atoms with Crippen LogP contribution in [0.2, 0.25) is 0 Å². The molecule has 1 aromatic carbocycles. The summed E-state index contributed by atoms with van der Waals surface area (Å²) < 4.78 is 33.8. The second-order valence-electron chi connectivity index (χ2n) is 7.09. The number of benzene rings is 1. The first kappa shape index (κ1) is 22.7. The number of nitrogens with zero attached hydrogens (tertiary/aromatic N) is 2. The molecule has 7 nitrogen and oxygen atoms in total. The van der Waals surface area contributed by atoms with Crippen LogP contribution >= 0.6 is 0 Å². The van der Waals surface area contributed by atoms with Crippen molar-refractivity contribution in [1.82, 2.24) is 14.8 Å². The molecule has 1 saturated heterocycles. The average Bonchev–Trinajstić information content (AvgIpc) is 2.67. The van der Waals surface area contributed by atoms with Crippen LogP contribution < -0.4 is 10.7 Å². The molecule has 0 unspecified atom stereocenters. The van der Waals surface area contributed by atoms with Gasteiger partial charge in [-0.15, -0.1) is 6.07 Å². The molecule has 1 aromatic heterocycles. The van der Waals surface area contributed by atoms with E-state index in [-0.39, 0.29) is 74.6 Å². The maximum absolute atomic E-state index is 13.7. The van der Waals surface area contributed by atoms with Crippen LogP contribution in [0.5, 0.6) is 0 Å². The molecule has 155 valence electrons. The molecule has 1 radical (unpaired) electrons. The van der Waals surface area contributed by atoms with Crippen LogP contribution in [0.15, 0.2) is 29.2 Å². The van der Waals surface area contributed by atoms with Gasteiger partial charge in [0.25, 0.3) is 0 Å². The minimum atomic E-state index is -0.798. The Balaban J connectivity index is 0.00000256. The maximum atomic E-state index is 13.7. The summed E-state index contributed by atoms with van der Waals surface area (Å²) in [5, 5.41) is 2.44. The van der Waals surface area contributed by atoms with Crippen LogP contribution in [0.1, 0.15) is 39.8 Å². The van der Waals surface area contributed by atoms with Gasteiger partial charge in [-0.25, -0.2) is 8.78 Å². The normalized spacial score (nSPS) is 20.1. The number of hydrogen-bond donors (Lipinski definition) is 1. The van der Waals surface area contributed by atoms with E-state index in [0.717, 1.165) is 6.07 Å². The van der Waals surface area contributed by atoms with Crippen molar-refractivity contribution < 1.29 is 55.8 Å². The van der Waals surface area contributed by atoms with Gasteiger partial charge in [-0.2, -0.15) is 0 Å². The molecule has 3 heterocycles. The van der Waals surface area contributed by atoms with Crippen molar-refractivity contribution in [1.29, 1.82) is 0 Å². The fourth-order valence-electron chi connectivity index (χ4n) is 3.58. The van der Waals surface area contributed by atoms with Crippen LogP contribution in [0, 0.1) is 17.7 Å². The van der Waals surface area contributed by atoms with Crippen LogP contribution in [0.3, 0.4) is 0 Å². The van der Waals surface area contributed by atoms with Crippen molar-refractivity contribution in [3.63, 3.8) is 0 Å². The Kier molecular flexibility index (Phi) is 6.84. The second-order valence-corrected chi connectivity index (χ2v) is 7.09. The zero-order valence-corrected chi connectivity index (χ0v) is 19.0. The molecule has 0 saturated carbocycles. The summed E-state index contributed by atoms with van der Waals surface area (Å²) >= 11 is 0. The predicted molar refractivity (Wildman–Crippen MR) is 97.1 cm³/mol. The zero-order valence-electron chi connectivity index (χ0n) is 16.2. The largest absolute Gasteiger partial charge is 0.372 e. The van der Waals surface area contributed by atoms with Gasteiger partial charge in [0.2, 0.25) is 5.91 Å². The van der Waals surface area contributed by atoms with Gasteiger partial charge in [-0.3, -0.25) is 4.79 Å². The molecule has 2 aromatic rings. The van der Waals surface area contributed by atoms with E-state index in [1.54, 1.807) is 4.90 Å². The number of carbonyl (C=O) groups is 2. The van der Waals surface area contributed by atoms with E-state index in [2.05, 4.69) is 11.4 Å². The van der Waals surface area contributed by atoms with Gasteiger partial charge in [-0.1, -0.05) is 6.07 Å². The number of pyridine rings is 1. The van der Waals surface area contributed by atoms with Gasteiger partial charge in [0.05, 0.1) is 18.6 Å². The van der Waals surface area contributed by atoms with Crippen molar-refractivity contribution in [2.24, 2.45) is 0 Å². The zero-order chi connectivity index (χ0) is 20.7. The van der Waals surface area contributed by atoms with Crippen molar-refractivity contribution in [2.75, 3.05) is 6.61 Å². The number of halogens is 2. The average molecular weight is 491 g/mol. The Hall–Kier alpha value is -1.97. The molecule has 0 spiro atoms. The monoisotopic (exact) mass is 491 g/mol. The first-order chi connectivity index (χ1) is 13.8. The summed E-state index contributed by atoms with van der Waals surface area (Å²) in [5.41, 5.74) is -0.797. The minimum Gasteiger partial charge on any atom is -0.372 e. The number of fused-ring (bicyclic) bond motifs is 2. The van der Waals surface area contributed by atoms with Gasteiger partial charge in [-0.05, 0) is 31.3 Å². The molecule has 1 fully saturated rings. The number of nitrogens with one attached hydrogen (secondary N) is 1. The summed E-state index contributed by atoms with van der Waals surface area (Å²) in [7, 11) is 0. The van der Waals surface area contributed by atoms with Gasteiger partial charge >= 0.3 is 0 Å². The first-order valence-corrected chi connectivity index (χ1v) is 9.18. The Morgan fingerprint density at radius 2 is 2.10 bits per heavy atom. The van der Waals surface area contributed by atoms with Gasteiger partial charge in [0.15, 0.2) is 5.91 Å². The minimum absolute atomic E-state index is 0.